The Morgan fingerprint density at radius 3 is 2.44 bits per heavy atom. The second-order valence-corrected chi connectivity index (χ2v) is 6.29. The number of nitrogens with zero attached hydrogens (tertiary/aromatic N) is 2. The summed E-state index contributed by atoms with van der Waals surface area (Å²) in [5.41, 5.74) is 5.34. The molecular formula is C21H21N3O3. The predicted octanol–water partition coefficient (Wildman–Crippen LogP) is 4.01. The second-order valence-electron chi connectivity index (χ2n) is 6.29. The Hall–Kier alpha value is -3.28. The zero-order chi connectivity index (χ0) is 18.8. The molecule has 0 atom stereocenters. The number of aromatic nitrogens is 2. The van der Waals surface area contributed by atoms with E-state index >= 15 is 0 Å². The van der Waals surface area contributed by atoms with Crippen molar-refractivity contribution in [1.29, 1.82) is 0 Å². The number of rotatable bonds is 5. The highest BCUT2D eigenvalue weighted by Crippen LogP contribution is 2.35. The highest BCUT2D eigenvalue weighted by molar-refractivity contribution is 5.72. The molecule has 1 aromatic heterocycles. The second kappa shape index (κ2) is 7.15. The molecule has 27 heavy (non-hydrogen) atoms. The minimum absolute atomic E-state index is 0.546. The van der Waals surface area contributed by atoms with Crippen LogP contribution in [0.5, 0.6) is 17.2 Å². The van der Waals surface area contributed by atoms with E-state index in [1.807, 2.05) is 30.5 Å². The lowest BCUT2D eigenvalue weighted by Crippen LogP contribution is -2.09. The highest BCUT2D eigenvalue weighted by Gasteiger charge is 2.19. The molecule has 4 rings (SSSR count). The molecule has 6 nitrogen and oxygen atoms in total. The zero-order valence-electron chi connectivity index (χ0n) is 15.6. The molecule has 0 fully saturated rings. The van der Waals surface area contributed by atoms with Crippen LogP contribution in [-0.2, 0) is 12.8 Å². The van der Waals surface area contributed by atoms with Crippen LogP contribution < -0.4 is 19.5 Å². The van der Waals surface area contributed by atoms with E-state index in [-0.39, 0.29) is 0 Å². The Balaban J connectivity index is 1.67. The van der Waals surface area contributed by atoms with E-state index in [4.69, 9.17) is 19.2 Å². The summed E-state index contributed by atoms with van der Waals surface area (Å²) in [5, 5.41) is 3.25. The number of benzene rings is 2. The van der Waals surface area contributed by atoms with Crippen molar-refractivity contribution in [2.75, 3.05) is 26.6 Å². The van der Waals surface area contributed by atoms with Gasteiger partial charge in [0.25, 0.3) is 0 Å². The first-order chi connectivity index (χ1) is 13.2. The summed E-state index contributed by atoms with van der Waals surface area (Å²) in [4.78, 5) is 9.24. The Morgan fingerprint density at radius 2 is 1.67 bits per heavy atom. The van der Waals surface area contributed by atoms with Crippen molar-refractivity contribution in [2.24, 2.45) is 0 Å². The molecule has 0 unspecified atom stereocenters. The van der Waals surface area contributed by atoms with Gasteiger partial charge in [0.15, 0.2) is 11.5 Å². The van der Waals surface area contributed by atoms with Gasteiger partial charge in [0, 0.05) is 23.5 Å². The van der Waals surface area contributed by atoms with Gasteiger partial charge in [-0.05, 0) is 54.3 Å². The van der Waals surface area contributed by atoms with Crippen molar-refractivity contribution in [3.05, 3.63) is 53.7 Å². The number of methoxy groups -OCH3 is 3. The van der Waals surface area contributed by atoms with E-state index < -0.39 is 0 Å². The van der Waals surface area contributed by atoms with Crippen LogP contribution in [0.1, 0.15) is 11.1 Å². The Morgan fingerprint density at radius 1 is 0.852 bits per heavy atom. The number of anilines is 2. The van der Waals surface area contributed by atoms with Gasteiger partial charge < -0.3 is 19.5 Å². The number of fused-ring (bicyclic) bond motifs is 3. The lowest BCUT2D eigenvalue weighted by Gasteiger charge is -2.20. The van der Waals surface area contributed by atoms with E-state index in [0.29, 0.717) is 17.4 Å². The van der Waals surface area contributed by atoms with Gasteiger partial charge in [-0.25, -0.2) is 9.97 Å². The summed E-state index contributed by atoms with van der Waals surface area (Å²) in [5.74, 6) is 2.75. The first-order valence-corrected chi connectivity index (χ1v) is 8.74. The molecule has 1 N–H and O–H groups in total. The fraction of sp³-hybridized carbons (Fsp3) is 0.238. The van der Waals surface area contributed by atoms with E-state index in [1.54, 1.807) is 21.3 Å². The standard InChI is InChI=1S/C21H21N3O3/c1-25-16-7-8-17-13(10-16)4-5-14-12-22-21(24-20(14)17)23-15-6-9-18(26-2)19(11-15)27-3/h6-12H,4-5H2,1-3H3,(H,22,23,24). The fourth-order valence-corrected chi connectivity index (χ4v) is 3.33. The van der Waals surface area contributed by atoms with Crippen molar-refractivity contribution in [1.82, 2.24) is 9.97 Å². The van der Waals surface area contributed by atoms with Gasteiger partial charge >= 0.3 is 0 Å². The van der Waals surface area contributed by atoms with E-state index in [1.165, 1.54) is 5.56 Å². The van der Waals surface area contributed by atoms with Crippen LogP contribution in [-0.4, -0.2) is 31.3 Å². The number of nitrogens with one attached hydrogen (secondary N) is 1. The molecule has 138 valence electrons. The number of hydrogen-bond acceptors (Lipinski definition) is 6. The van der Waals surface area contributed by atoms with Gasteiger partial charge in [0.05, 0.1) is 27.0 Å². The Kier molecular flexibility index (Phi) is 4.54. The third kappa shape index (κ3) is 3.26. The summed E-state index contributed by atoms with van der Waals surface area (Å²) in [6, 6.07) is 11.7. The first-order valence-electron chi connectivity index (χ1n) is 8.74. The first kappa shape index (κ1) is 17.1. The van der Waals surface area contributed by atoms with E-state index in [0.717, 1.165) is 41.1 Å². The summed E-state index contributed by atoms with van der Waals surface area (Å²) >= 11 is 0. The fourth-order valence-electron chi connectivity index (χ4n) is 3.33. The summed E-state index contributed by atoms with van der Waals surface area (Å²) in [6.07, 6.45) is 3.79. The maximum atomic E-state index is 5.36. The van der Waals surface area contributed by atoms with Crippen LogP contribution in [0.4, 0.5) is 11.6 Å². The van der Waals surface area contributed by atoms with Crippen molar-refractivity contribution in [3.63, 3.8) is 0 Å². The molecule has 3 aromatic rings. The summed E-state index contributed by atoms with van der Waals surface area (Å²) in [6.45, 7) is 0. The molecule has 0 saturated carbocycles. The minimum atomic E-state index is 0.546. The molecular weight excluding hydrogens is 342 g/mol. The third-order valence-electron chi connectivity index (χ3n) is 4.74. The van der Waals surface area contributed by atoms with Gasteiger partial charge in [-0.1, -0.05) is 0 Å². The number of aryl methyl sites for hydroxylation is 2. The topological polar surface area (TPSA) is 65.5 Å². The summed E-state index contributed by atoms with van der Waals surface area (Å²) < 4.78 is 16.0. The average Bonchev–Trinajstić information content (AvgIpc) is 2.73. The summed E-state index contributed by atoms with van der Waals surface area (Å²) in [7, 11) is 4.91. The van der Waals surface area contributed by atoms with Crippen molar-refractivity contribution >= 4 is 11.6 Å². The van der Waals surface area contributed by atoms with Crippen LogP contribution in [0.3, 0.4) is 0 Å². The van der Waals surface area contributed by atoms with Crippen LogP contribution >= 0.6 is 0 Å². The van der Waals surface area contributed by atoms with Gasteiger partial charge in [-0.15, -0.1) is 0 Å². The van der Waals surface area contributed by atoms with E-state index in [2.05, 4.69) is 22.4 Å². The van der Waals surface area contributed by atoms with Crippen LogP contribution in [0, 0.1) is 0 Å². The Bertz CT molecular complexity index is 988. The van der Waals surface area contributed by atoms with Gasteiger partial charge in [-0.3, -0.25) is 0 Å². The van der Waals surface area contributed by atoms with Crippen LogP contribution in [0.15, 0.2) is 42.6 Å². The van der Waals surface area contributed by atoms with Crippen molar-refractivity contribution in [3.8, 4) is 28.5 Å². The molecule has 0 spiro atoms. The van der Waals surface area contributed by atoms with Gasteiger partial charge in [0.1, 0.15) is 5.75 Å². The molecule has 0 radical (unpaired) electrons. The van der Waals surface area contributed by atoms with Crippen molar-refractivity contribution < 1.29 is 14.2 Å². The van der Waals surface area contributed by atoms with Crippen LogP contribution in [0.2, 0.25) is 0 Å². The normalized spacial score (nSPS) is 12.0. The zero-order valence-corrected chi connectivity index (χ0v) is 15.6. The molecule has 1 aliphatic rings. The molecule has 2 aromatic carbocycles. The maximum absolute atomic E-state index is 5.36. The smallest absolute Gasteiger partial charge is 0.227 e. The maximum Gasteiger partial charge on any atom is 0.227 e. The monoisotopic (exact) mass is 363 g/mol. The molecule has 1 heterocycles. The number of hydrogen-bond donors (Lipinski definition) is 1. The molecule has 0 aliphatic heterocycles. The quantitative estimate of drug-likeness (QED) is 0.739. The largest absolute Gasteiger partial charge is 0.497 e. The van der Waals surface area contributed by atoms with Gasteiger partial charge in [-0.2, -0.15) is 0 Å². The average molecular weight is 363 g/mol. The lowest BCUT2D eigenvalue weighted by atomic mass is 9.90. The van der Waals surface area contributed by atoms with Crippen LogP contribution in [0.25, 0.3) is 11.3 Å². The molecule has 1 aliphatic carbocycles. The molecule has 0 saturated heterocycles. The molecule has 0 amide bonds. The Labute approximate surface area is 158 Å². The van der Waals surface area contributed by atoms with E-state index in [9.17, 15) is 0 Å². The van der Waals surface area contributed by atoms with Crippen molar-refractivity contribution in [2.45, 2.75) is 12.8 Å². The highest BCUT2D eigenvalue weighted by atomic mass is 16.5. The molecule has 0 bridgehead atoms. The molecule has 6 heteroatoms. The SMILES string of the molecule is COc1ccc2c(c1)CCc1cnc(Nc3ccc(OC)c(OC)c3)nc1-2. The minimum Gasteiger partial charge on any atom is -0.497 e. The third-order valence-corrected chi connectivity index (χ3v) is 4.74. The lowest BCUT2D eigenvalue weighted by molar-refractivity contribution is 0.355. The van der Waals surface area contributed by atoms with Gasteiger partial charge in [0.2, 0.25) is 5.95 Å². The number of ether oxygens (including phenoxy) is 3. The predicted molar refractivity (Wildman–Crippen MR) is 104 cm³/mol.